The molecule has 240 valence electrons. The molecule has 50 heavy (non-hydrogen) atoms. The molecule has 0 aliphatic heterocycles. The number of H-pyrrole nitrogens is 1. The van der Waals surface area contributed by atoms with Crippen LogP contribution in [-0.2, 0) is 5.54 Å². The zero-order valence-corrected chi connectivity index (χ0v) is 27.2. The molecule has 4 aromatic heterocycles. The lowest BCUT2D eigenvalue weighted by atomic mass is 9.77. The van der Waals surface area contributed by atoms with Crippen LogP contribution in [0, 0.1) is 0 Å². The first kappa shape index (κ1) is 29.5. The van der Waals surface area contributed by atoms with Gasteiger partial charge in [-0.25, -0.2) is 9.67 Å². The van der Waals surface area contributed by atoms with Gasteiger partial charge in [0.2, 0.25) is 0 Å². The van der Waals surface area contributed by atoms with Gasteiger partial charge in [-0.15, -0.1) is 0 Å². The lowest BCUT2D eigenvalue weighted by molar-refractivity contribution is 0.418. The Hall–Kier alpha value is -6.67. The monoisotopic (exact) mass is 649 g/mol. The van der Waals surface area contributed by atoms with Crippen LogP contribution in [0.3, 0.4) is 0 Å². The first-order chi connectivity index (χ1) is 24.7. The first-order valence-corrected chi connectivity index (χ1v) is 16.6. The SMILES string of the molecule is CC(c1ccccc1)c1noc(-c2nc3cc4c(-c5ccncc5)nn(C(c5ccccc5)(c5ccccc5)c5ccccc5)c4cc3[nH]2)n1. The normalized spacial score (nSPS) is 12.4. The van der Waals surface area contributed by atoms with Crippen molar-refractivity contribution in [1.29, 1.82) is 0 Å². The molecule has 0 aliphatic carbocycles. The molecule has 4 heterocycles. The molecule has 0 aliphatic rings. The van der Waals surface area contributed by atoms with Gasteiger partial charge >= 0.3 is 0 Å². The maximum atomic E-state index is 5.77. The third kappa shape index (κ3) is 4.80. The maximum Gasteiger partial charge on any atom is 0.293 e. The molecule has 9 rings (SSSR count). The number of hydrogen-bond donors (Lipinski definition) is 1. The molecule has 9 aromatic rings. The van der Waals surface area contributed by atoms with Crippen LogP contribution in [0.15, 0.2) is 163 Å². The fourth-order valence-electron chi connectivity index (χ4n) is 7.00. The number of aromatic amines is 1. The summed E-state index contributed by atoms with van der Waals surface area (Å²) in [6, 6.07) is 50.1. The second-order valence-electron chi connectivity index (χ2n) is 12.4. The molecule has 8 heteroatoms. The summed E-state index contributed by atoms with van der Waals surface area (Å²) in [4.78, 5) is 17.5. The van der Waals surface area contributed by atoms with E-state index >= 15 is 0 Å². The molecule has 0 spiro atoms. The first-order valence-electron chi connectivity index (χ1n) is 16.6. The third-order valence-electron chi connectivity index (χ3n) is 9.46. The lowest BCUT2D eigenvalue weighted by Gasteiger charge is -2.37. The highest BCUT2D eigenvalue weighted by atomic mass is 16.5. The Labute approximate surface area is 288 Å². The average molecular weight is 650 g/mol. The Morgan fingerprint density at radius 3 is 1.86 bits per heavy atom. The van der Waals surface area contributed by atoms with Gasteiger partial charge in [-0.3, -0.25) is 4.98 Å². The van der Waals surface area contributed by atoms with Gasteiger partial charge in [-0.05, 0) is 46.5 Å². The van der Waals surface area contributed by atoms with E-state index in [4.69, 9.17) is 19.6 Å². The summed E-state index contributed by atoms with van der Waals surface area (Å²) in [7, 11) is 0. The number of pyridine rings is 1. The van der Waals surface area contributed by atoms with Gasteiger partial charge in [0.25, 0.3) is 5.89 Å². The standard InChI is InChI=1S/C42H31N7O/c1-28(29-14-6-2-7-15-29)39-46-41(50-48-39)40-44-35-26-34-37(27-36(35)45-40)49(47-38(34)30-22-24-43-25-23-30)42(31-16-8-3-9-17-31,32-18-10-4-11-19-32)33-20-12-5-13-21-33/h2-28H,1H3,(H,44,45). The molecule has 1 unspecified atom stereocenters. The van der Waals surface area contributed by atoms with Crippen molar-refractivity contribution in [3.63, 3.8) is 0 Å². The van der Waals surface area contributed by atoms with Crippen LogP contribution < -0.4 is 0 Å². The third-order valence-corrected chi connectivity index (χ3v) is 9.46. The van der Waals surface area contributed by atoms with Gasteiger partial charge in [0, 0.05) is 29.3 Å². The van der Waals surface area contributed by atoms with E-state index in [2.05, 4.69) is 124 Å². The highest BCUT2D eigenvalue weighted by Crippen LogP contribution is 2.44. The van der Waals surface area contributed by atoms with Crippen LogP contribution in [0.25, 0.3) is 44.9 Å². The quantitative estimate of drug-likeness (QED) is 0.165. The second-order valence-corrected chi connectivity index (χ2v) is 12.4. The minimum absolute atomic E-state index is 0.0309. The summed E-state index contributed by atoms with van der Waals surface area (Å²) in [6.45, 7) is 2.07. The molecule has 0 radical (unpaired) electrons. The molecule has 1 N–H and O–H groups in total. The van der Waals surface area contributed by atoms with Crippen LogP contribution in [0.2, 0.25) is 0 Å². The number of rotatable bonds is 8. The fourth-order valence-corrected chi connectivity index (χ4v) is 7.00. The molecule has 0 amide bonds. The number of fused-ring (bicyclic) bond motifs is 2. The highest BCUT2D eigenvalue weighted by molar-refractivity contribution is 6.01. The Balaban J connectivity index is 1.30. The van der Waals surface area contributed by atoms with Crippen molar-refractivity contribution >= 4 is 21.9 Å². The van der Waals surface area contributed by atoms with E-state index in [1.165, 1.54) is 0 Å². The van der Waals surface area contributed by atoms with Gasteiger partial charge in [-0.2, -0.15) is 10.1 Å². The van der Waals surface area contributed by atoms with Crippen molar-refractivity contribution in [2.75, 3.05) is 0 Å². The average Bonchev–Trinajstić information content (AvgIpc) is 3.94. The molecule has 0 saturated heterocycles. The van der Waals surface area contributed by atoms with Crippen LogP contribution in [0.1, 0.15) is 40.9 Å². The predicted octanol–water partition coefficient (Wildman–Crippen LogP) is 9.02. The van der Waals surface area contributed by atoms with E-state index < -0.39 is 5.54 Å². The Kier molecular flexibility index (Phi) is 7.13. The molecular weight excluding hydrogens is 619 g/mol. The van der Waals surface area contributed by atoms with Gasteiger partial charge in [-0.1, -0.05) is 133 Å². The molecule has 0 saturated carbocycles. The van der Waals surface area contributed by atoms with Gasteiger partial charge in [0.1, 0.15) is 11.2 Å². The van der Waals surface area contributed by atoms with E-state index in [1.807, 2.05) is 48.5 Å². The van der Waals surface area contributed by atoms with Crippen molar-refractivity contribution < 1.29 is 4.52 Å². The van der Waals surface area contributed by atoms with Crippen molar-refractivity contribution in [2.45, 2.75) is 18.4 Å². The number of hydrogen-bond acceptors (Lipinski definition) is 6. The molecule has 1 atom stereocenters. The zero-order chi connectivity index (χ0) is 33.5. The van der Waals surface area contributed by atoms with Crippen molar-refractivity contribution in [1.82, 2.24) is 34.9 Å². The van der Waals surface area contributed by atoms with E-state index in [0.717, 1.165) is 55.4 Å². The predicted molar refractivity (Wildman–Crippen MR) is 194 cm³/mol. The Morgan fingerprint density at radius 2 is 1.26 bits per heavy atom. The molecule has 0 bridgehead atoms. The number of imidazole rings is 1. The number of benzene rings is 5. The summed E-state index contributed by atoms with van der Waals surface area (Å²) < 4.78 is 7.94. The smallest absolute Gasteiger partial charge is 0.293 e. The summed E-state index contributed by atoms with van der Waals surface area (Å²) in [6.07, 6.45) is 3.60. The van der Waals surface area contributed by atoms with E-state index in [1.54, 1.807) is 12.4 Å². The largest absolute Gasteiger partial charge is 0.334 e. The summed E-state index contributed by atoms with van der Waals surface area (Å²) in [5, 5.41) is 10.8. The minimum Gasteiger partial charge on any atom is -0.334 e. The van der Waals surface area contributed by atoms with Crippen molar-refractivity contribution in [2.24, 2.45) is 0 Å². The second kappa shape index (κ2) is 12.1. The number of nitrogens with zero attached hydrogens (tertiary/aromatic N) is 6. The Bertz CT molecular complexity index is 2450. The number of aromatic nitrogens is 7. The van der Waals surface area contributed by atoms with Gasteiger partial charge in [0.05, 0.1) is 16.6 Å². The van der Waals surface area contributed by atoms with Crippen LogP contribution in [-0.4, -0.2) is 34.9 Å². The van der Waals surface area contributed by atoms with Gasteiger partial charge in [0.15, 0.2) is 11.6 Å². The number of nitrogens with one attached hydrogen (secondary N) is 1. The summed E-state index contributed by atoms with van der Waals surface area (Å²) in [5.41, 5.74) is 7.85. The summed E-state index contributed by atoms with van der Waals surface area (Å²) in [5.74, 6) is 1.42. The maximum absolute atomic E-state index is 5.77. The molecule has 8 nitrogen and oxygen atoms in total. The van der Waals surface area contributed by atoms with Crippen LogP contribution >= 0.6 is 0 Å². The highest BCUT2D eigenvalue weighted by Gasteiger charge is 2.41. The zero-order valence-electron chi connectivity index (χ0n) is 27.2. The van der Waals surface area contributed by atoms with Crippen molar-refractivity contribution in [3.8, 4) is 23.0 Å². The van der Waals surface area contributed by atoms with E-state index in [-0.39, 0.29) is 5.92 Å². The van der Waals surface area contributed by atoms with Crippen molar-refractivity contribution in [3.05, 3.63) is 186 Å². The van der Waals surface area contributed by atoms with Gasteiger partial charge < -0.3 is 9.51 Å². The summed E-state index contributed by atoms with van der Waals surface area (Å²) >= 11 is 0. The topological polar surface area (TPSA) is 98.3 Å². The molecule has 0 fully saturated rings. The minimum atomic E-state index is -0.821. The molecule has 5 aromatic carbocycles. The fraction of sp³-hybridized carbons (Fsp3) is 0.0714. The van der Waals surface area contributed by atoms with Crippen LogP contribution in [0.4, 0.5) is 0 Å². The van der Waals surface area contributed by atoms with Crippen LogP contribution in [0.5, 0.6) is 0 Å². The lowest BCUT2D eigenvalue weighted by Crippen LogP contribution is -2.38. The Morgan fingerprint density at radius 1 is 0.680 bits per heavy atom. The van der Waals surface area contributed by atoms with E-state index in [0.29, 0.717) is 17.5 Å². The van der Waals surface area contributed by atoms with E-state index in [9.17, 15) is 0 Å². The molecular formula is C42H31N7O.